The van der Waals surface area contributed by atoms with Crippen LogP contribution >= 0.6 is 11.6 Å². The maximum atomic E-state index is 12.9. The lowest BCUT2D eigenvalue weighted by atomic mass is 10.3. The minimum absolute atomic E-state index is 0.202. The van der Waals surface area contributed by atoms with E-state index in [1.165, 1.54) is 12.1 Å². The topological polar surface area (TPSA) is 75.6 Å². The second kappa shape index (κ2) is 6.98. The molecule has 0 spiro atoms. The molecule has 9 heteroatoms. The fraction of sp³-hybridized carbons (Fsp3) is 0.167. The number of benzene rings is 1. The van der Waals surface area contributed by atoms with Crippen molar-refractivity contribution in [1.29, 1.82) is 0 Å². The Morgan fingerprint density at radius 1 is 1.29 bits per heavy atom. The number of carbonyl (C=O) groups excluding carboxylic acids is 1. The minimum atomic E-state index is -4.18. The van der Waals surface area contributed by atoms with Gasteiger partial charge in [0, 0.05) is 17.8 Å². The number of nitrogens with one attached hydrogen (secondary N) is 1. The zero-order chi connectivity index (χ0) is 16.0. The summed E-state index contributed by atoms with van der Waals surface area (Å²) in [5.41, 5.74) is -2.80. The van der Waals surface area contributed by atoms with Crippen molar-refractivity contribution in [2.45, 2.75) is 11.7 Å². The molecule has 1 atom stereocenters. The zero-order valence-electron chi connectivity index (χ0n) is 10.2. The summed E-state index contributed by atoms with van der Waals surface area (Å²) in [7, 11) is 0. The van der Waals surface area contributed by atoms with Crippen LogP contribution in [0.5, 0.6) is 5.75 Å². The predicted octanol–water partition coefficient (Wildman–Crippen LogP) is 2.77. The highest BCUT2D eigenvalue weighted by molar-refractivity contribution is 6.20. The molecule has 0 unspecified atom stereocenters. The van der Waals surface area contributed by atoms with E-state index in [1.807, 2.05) is 0 Å². The van der Waals surface area contributed by atoms with Crippen LogP contribution in [0.25, 0.3) is 0 Å². The quantitative estimate of drug-likeness (QED) is 0.623. The summed E-state index contributed by atoms with van der Waals surface area (Å²) in [6, 6.07) is 4.53. The molecule has 1 aromatic rings. The maximum absolute atomic E-state index is 12.9. The third-order valence-electron chi connectivity index (χ3n) is 2.01. The molecule has 0 radical (unpaired) electrons. The van der Waals surface area contributed by atoms with Crippen molar-refractivity contribution < 1.29 is 32.6 Å². The van der Waals surface area contributed by atoms with Gasteiger partial charge in [-0.3, -0.25) is 4.79 Å². The largest absolute Gasteiger partial charge is 0.478 e. The van der Waals surface area contributed by atoms with Crippen molar-refractivity contribution >= 4 is 29.2 Å². The van der Waals surface area contributed by atoms with Gasteiger partial charge in [-0.2, -0.15) is 8.78 Å². The van der Waals surface area contributed by atoms with Crippen molar-refractivity contribution in [3.05, 3.63) is 36.4 Å². The SMILES string of the molecule is O=C(O)C=CC(=O)Nc1ccc(OC(F)(F)[C@@H](F)Cl)cc1. The number of halogens is 4. The van der Waals surface area contributed by atoms with E-state index >= 15 is 0 Å². The molecule has 0 saturated carbocycles. The average Bonchev–Trinajstić information content (AvgIpc) is 2.38. The van der Waals surface area contributed by atoms with Crippen LogP contribution in [0, 0.1) is 0 Å². The molecule has 0 aromatic heterocycles. The Hall–Kier alpha value is -2.22. The van der Waals surface area contributed by atoms with E-state index in [9.17, 15) is 22.8 Å². The summed E-state index contributed by atoms with van der Waals surface area (Å²) >= 11 is 4.63. The van der Waals surface area contributed by atoms with E-state index in [0.29, 0.717) is 6.08 Å². The fourth-order valence-corrected chi connectivity index (χ4v) is 1.18. The first kappa shape index (κ1) is 16.8. The second-order valence-electron chi connectivity index (χ2n) is 3.65. The number of alkyl halides is 4. The van der Waals surface area contributed by atoms with E-state index in [4.69, 9.17) is 5.11 Å². The molecule has 1 rings (SSSR count). The van der Waals surface area contributed by atoms with Crippen LogP contribution in [0.1, 0.15) is 0 Å². The first-order chi connectivity index (χ1) is 9.70. The smallest absolute Gasteiger partial charge is 0.444 e. The summed E-state index contributed by atoms with van der Waals surface area (Å²) < 4.78 is 42.1. The molecule has 0 aliphatic rings. The van der Waals surface area contributed by atoms with Gasteiger partial charge in [0.1, 0.15) is 5.75 Å². The highest BCUT2D eigenvalue weighted by Crippen LogP contribution is 2.29. The molecule has 1 aromatic carbocycles. The van der Waals surface area contributed by atoms with Gasteiger partial charge in [-0.25, -0.2) is 9.18 Å². The van der Waals surface area contributed by atoms with Gasteiger partial charge < -0.3 is 15.2 Å². The lowest BCUT2D eigenvalue weighted by Gasteiger charge is -2.17. The van der Waals surface area contributed by atoms with E-state index in [0.717, 1.165) is 18.2 Å². The van der Waals surface area contributed by atoms with Crippen molar-refractivity contribution in [3.63, 3.8) is 0 Å². The number of anilines is 1. The maximum Gasteiger partial charge on any atom is 0.444 e. The Kier molecular flexibility index (Phi) is 5.60. The molecule has 21 heavy (non-hydrogen) atoms. The molecule has 0 aliphatic heterocycles. The Bertz CT molecular complexity index is 546. The molecule has 0 bridgehead atoms. The van der Waals surface area contributed by atoms with E-state index in [1.54, 1.807) is 0 Å². The van der Waals surface area contributed by atoms with Crippen LogP contribution in [0.3, 0.4) is 0 Å². The number of hydrogen-bond donors (Lipinski definition) is 2. The normalized spacial score (nSPS) is 13.0. The van der Waals surface area contributed by atoms with Crippen molar-refractivity contribution in [1.82, 2.24) is 0 Å². The average molecular weight is 324 g/mol. The van der Waals surface area contributed by atoms with E-state index in [-0.39, 0.29) is 11.4 Å². The van der Waals surface area contributed by atoms with Gasteiger partial charge in [0.2, 0.25) is 5.91 Å². The first-order valence-electron chi connectivity index (χ1n) is 5.38. The van der Waals surface area contributed by atoms with Crippen LogP contribution in [0.15, 0.2) is 36.4 Å². The van der Waals surface area contributed by atoms with Gasteiger partial charge in [0.15, 0.2) is 0 Å². The molecular formula is C12H9ClF3NO4. The lowest BCUT2D eigenvalue weighted by Crippen LogP contribution is -2.32. The van der Waals surface area contributed by atoms with Crippen molar-refractivity contribution in [2.24, 2.45) is 0 Å². The predicted molar refractivity (Wildman–Crippen MR) is 68.2 cm³/mol. The third-order valence-corrected chi connectivity index (χ3v) is 2.26. The van der Waals surface area contributed by atoms with Gasteiger partial charge in [-0.15, -0.1) is 0 Å². The van der Waals surface area contributed by atoms with Crippen LogP contribution in [-0.2, 0) is 9.59 Å². The number of rotatable bonds is 6. The number of carboxylic acid groups (broad SMARTS) is 1. The number of carboxylic acids is 1. The monoisotopic (exact) mass is 323 g/mol. The summed E-state index contributed by atoms with van der Waals surface area (Å²) in [6.07, 6.45) is -2.77. The zero-order valence-corrected chi connectivity index (χ0v) is 11.0. The number of amides is 1. The van der Waals surface area contributed by atoms with Crippen molar-refractivity contribution in [3.8, 4) is 5.75 Å². The number of aliphatic carboxylic acids is 1. The Labute approximate surface area is 122 Å². The molecule has 0 saturated heterocycles. The summed E-state index contributed by atoms with van der Waals surface area (Å²) in [4.78, 5) is 21.4. The molecule has 2 N–H and O–H groups in total. The Morgan fingerprint density at radius 2 is 1.86 bits per heavy atom. The van der Waals surface area contributed by atoms with Gasteiger partial charge in [0.05, 0.1) is 0 Å². The van der Waals surface area contributed by atoms with Crippen LogP contribution in [0.4, 0.5) is 18.9 Å². The van der Waals surface area contributed by atoms with Gasteiger partial charge >= 0.3 is 12.1 Å². The summed E-state index contributed by atoms with van der Waals surface area (Å²) in [5.74, 6) is -2.37. The third kappa shape index (κ3) is 5.74. The van der Waals surface area contributed by atoms with Crippen molar-refractivity contribution in [2.75, 3.05) is 5.32 Å². The number of hydrogen-bond acceptors (Lipinski definition) is 3. The van der Waals surface area contributed by atoms with E-state index < -0.39 is 23.6 Å². The highest BCUT2D eigenvalue weighted by Gasteiger charge is 2.42. The van der Waals surface area contributed by atoms with E-state index in [2.05, 4.69) is 21.7 Å². The van der Waals surface area contributed by atoms with Crippen LogP contribution in [0.2, 0.25) is 0 Å². The molecule has 0 fully saturated rings. The molecule has 0 heterocycles. The standard InChI is InChI=1S/C12H9ClF3NO4/c13-11(14)12(15,16)21-8-3-1-7(2-4-8)17-9(18)5-6-10(19)20/h1-6,11H,(H,17,18)(H,19,20)/t11-/m1/s1. The molecule has 1 amide bonds. The van der Waals surface area contributed by atoms with Gasteiger partial charge in [-0.1, -0.05) is 11.6 Å². The Balaban J connectivity index is 2.66. The van der Waals surface area contributed by atoms with Gasteiger partial charge in [-0.05, 0) is 24.3 Å². The van der Waals surface area contributed by atoms with Crippen LogP contribution < -0.4 is 10.1 Å². The number of carbonyl (C=O) groups is 2. The molecule has 5 nitrogen and oxygen atoms in total. The molecule has 114 valence electrons. The summed E-state index contributed by atoms with van der Waals surface area (Å²) in [5, 5.41) is 10.6. The minimum Gasteiger partial charge on any atom is -0.478 e. The van der Waals surface area contributed by atoms with Gasteiger partial charge in [0.25, 0.3) is 5.63 Å². The second-order valence-corrected chi connectivity index (χ2v) is 4.03. The highest BCUT2D eigenvalue weighted by atomic mass is 35.5. The fourth-order valence-electron chi connectivity index (χ4n) is 1.14. The summed E-state index contributed by atoms with van der Waals surface area (Å²) in [6.45, 7) is 0. The Morgan fingerprint density at radius 3 is 2.33 bits per heavy atom. The molecule has 0 aliphatic carbocycles. The first-order valence-corrected chi connectivity index (χ1v) is 5.81. The number of ether oxygens (including phenoxy) is 1. The molecular weight excluding hydrogens is 315 g/mol. The lowest BCUT2D eigenvalue weighted by molar-refractivity contribution is -0.199. The van der Waals surface area contributed by atoms with Crippen LogP contribution in [-0.4, -0.2) is 28.7 Å².